The van der Waals surface area contributed by atoms with Crippen molar-refractivity contribution in [2.75, 3.05) is 0 Å². The summed E-state index contributed by atoms with van der Waals surface area (Å²) < 4.78 is 0. The molecule has 1 aliphatic heterocycles. The molecule has 0 N–H and O–H groups in total. The van der Waals surface area contributed by atoms with Crippen LogP contribution < -0.4 is 0 Å². The highest BCUT2D eigenvalue weighted by molar-refractivity contribution is 6.00. The van der Waals surface area contributed by atoms with Gasteiger partial charge in [0.1, 0.15) is 6.61 Å². The van der Waals surface area contributed by atoms with Crippen LogP contribution in [0.4, 0.5) is 0 Å². The first-order valence-electron chi connectivity index (χ1n) is 6.07. The zero-order valence-electron chi connectivity index (χ0n) is 11.0. The monoisotopic (exact) mass is 250 g/mol. The van der Waals surface area contributed by atoms with Crippen LogP contribution in [0.3, 0.4) is 0 Å². The minimum Gasteiger partial charge on any atom is -0.272 e. The predicted molar refractivity (Wildman–Crippen MR) is 66.2 cm³/mol. The van der Waals surface area contributed by atoms with E-state index >= 15 is 0 Å². The van der Waals surface area contributed by atoms with E-state index in [1.54, 1.807) is 6.20 Å². The molecular weight excluding hydrogens is 232 g/mol. The Bertz CT molecular complexity index is 399. The van der Waals surface area contributed by atoms with E-state index in [9.17, 15) is 9.59 Å². The molecule has 0 spiro atoms. The van der Waals surface area contributed by atoms with Crippen LogP contribution in [0.2, 0.25) is 0 Å². The van der Waals surface area contributed by atoms with Gasteiger partial charge < -0.3 is 0 Å². The lowest BCUT2D eigenvalue weighted by atomic mass is 10.3. The number of carbonyl (C=O) groups excluding carboxylic acids is 2. The molecule has 1 aliphatic rings. The summed E-state index contributed by atoms with van der Waals surface area (Å²) in [5.74, 6) is -0.546. The lowest BCUT2D eigenvalue weighted by Crippen LogP contribution is -2.29. The first kappa shape index (κ1) is 14.3. The average molecular weight is 250 g/mol. The first-order chi connectivity index (χ1) is 8.66. The third kappa shape index (κ3) is 3.63. The van der Waals surface area contributed by atoms with Gasteiger partial charge >= 0.3 is 0 Å². The normalized spacial score (nSPS) is 14.5. The van der Waals surface area contributed by atoms with Crippen molar-refractivity contribution in [1.82, 2.24) is 10.0 Å². The maximum atomic E-state index is 11.2. The van der Waals surface area contributed by atoms with Crippen molar-refractivity contribution in [3.63, 3.8) is 0 Å². The highest BCUT2D eigenvalue weighted by Gasteiger charge is 2.30. The van der Waals surface area contributed by atoms with Crippen LogP contribution in [0.5, 0.6) is 0 Å². The Kier molecular flexibility index (Phi) is 5.45. The molecule has 5 nitrogen and oxygen atoms in total. The van der Waals surface area contributed by atoms with Gasteiger partial charge in [-0.3, -0.25) is 19.4 Å². The van der Waals surface area contributed by atoms with Crippen molar-refractivity contribution in [3.8, 4) is 0 Å². The molecule has 5 heteroatoms. The number of hydrogen-bond donors (Lipinski definition) is 0. The first-order valence-corrected chi connectivity index (χ1v) is 6.07. The molecule has 0 unspecified atom stereocenters. The van der Waals surface area contributed by atoms with E-state index in [-0.39, 0.29) is 31.3 Å². The predicted octanol–water partition coefficient (Wildman–Crippen LogP) is 2.00. The molecule has 2 amide bonds. The largest absolute Gasteiger partial charge is 0.272 e. The molecular formula is C13H18N2O3. The van der Waals surface area contributed by atoms with Crippen LogP contribution >= 0.6 is 0 Å². The topological polar surface area (TPSA) is 59.5 Å². The van der Waals surface area contributed by atoms with Crippen LogP contribution in [0, 0.1) is 6.92 Å². The fraction of sp³-hybridized carbons (Fsp3) is 0.462. The van der Waals surface area contributed by atoms with Gasteiger partial charge in [0.05, 0.1) is 0 Å². The molecule has 0 saturated carbocycles. The van der Waals surface area contributed by atoms with Crippen LogP contribution in [-0.4, -0.2) is 21.9 Å². The fourth-order valence-corrected chi connectivity index (χ4v) is 1.42. The maximum absolute atomic E-state index is 11.2. The van der Waals surface area contributed by atoms with Crippen LogP contribution in [0.15, 0.2) is 18.3 Å². The second-order valence-electron chi connectivity index (χ2n) is 3.66. The molecule has 1 saturated heterocycles. The van der Waals surface area contributed by atoms with Crippen molar-refractivity contribution in [2.24, 2.45) is 0 Å². The molecule has 1 aromatic rings. The van der Waals surface area contributed by atoms with Crippen molar-refractivity contribution >= 4 is 11.8 Å². The van der Waals surface area contributed by atoms with Gasteiger partial charge in [-0.05, 0) is 18.6 Å². The third-order valence-corrected chi connectivity index (χ3v) is 2.34. The summed E-state index contributed by atoms with van der Waals surface area (Å²) >= 11 is 0. The van der Waals surface area contributed by atoms with Gasteiger partial charge in [0.2, 0.25) is 0 Å². The lowest BCUT2D eigenvalue weighted by molar-refractivity contribution is -0.191. The molecule has 0 aromatic carbocycles. The number of carbonyl (C=O) groups is 2. The molecule has 0 radical (unpaired) electrons. The highest BCUT2D eigenvalue weighted by atomic mass is 16.7. The number of nitrogens with zero attached hydrogens (tertiary/aromatic N) is 2. The SMILES string of the molecule is CC.Cc1ccc(CON2C(=O)CCC2=O)cn1. The van der Waals surface area contributed by atoms with Crippen molar-refractivity contribution in [3.05, 3.63) is 29.6 Å². The van der Waals surface area contributed by atoms with E-state index in [1.807, 2.05) is 32.9 Å². The number of hydroxylamine groups is 2. The van der Waals surface area contributed by atoms with Crippen LogP contribution in [-0.2, 0) is 21.0 Å². The Hall–Kier alpha value is -1.75. The minimum absolute atomic E-state index is 0.185. The van der Waals surface area contributed by atoms with Gasteiger partial charge in [0.25, 0.3) is 11.8 Å². The number of aromatic nitrogens is 1. The van der Waals surface area contributed by atoms with E-state index in [0.29, 0.717) is 0 Å². The Balaban J connectivity index is 0.000000771. The van der Waals surface area contributed by atoms with Crippen LogP contribution in [0.1, 0.15) is 37.9 Å². The average Bonchev–Trinajstić information content (AvgIpc) is 2.71. The molecule has 0 atom stereocenters. The van der Waals surface area contributed by atoms with Gasteiger partial charge in [0, 0.05) is 24.7 Å². The van der Waals surface area contributed by atoms with Crippen molar-refractivity contribution < 1.29 is 14.4 Å². The summed E-state index contributed by atoms with van der Waals surface area (Å²) in [6.07, 6.45) is 2.15. The molecule has 0 bridgehead atoms. The zero-order valence-corrected chi connectivity index (χ0v) is 11.0. The summed E-state index contributed by atoms with van der Waals surface area (Å²) in [6, 6.07) is 3.71. The van der Waals surface area contributed by atoms with Crippen molar-refractivity contribution in [1.29, 1.82) is 0 Å². The molecule has 98 valence electrons. The van der Waals surface area contributed by atoms with E-state index < -0.39 is 0 Å². The Labute approximate surface area is 107 Å². The highest BCUT2D eigenvalue weighted by Crippen LogP contribution is 2.13. The fourth-order valence-electron chi connectivity index (χ4n) is 1.42. The van der Waals surface area contributed by atoms with Gasteiger partial charge in [-0.2, -0.15) is 5.06 Å². The van der Waals surface area contributed by atoms with Gasteiger partial charge in [-0.1, -0.05) is 19.9 Å². The van der Waals surface area contributed by atoms with Gasteiger partial charge in [0.15, 0.2) is 0 Å². The number of aryl methyl sites for hydroxylation is 1. The van der Waals surface area contributed by atoms with Crippen molar-refractivity contribution in [2.45, 2.75) is 40.2 Å². The second kappa shape index (κ2) is 6.86. The molecule has 18 heavy (non-hydrogen) atoms. The zero-order chi connectivity index (χ0) is 13.5. The smallest absolute Gasteiger partial charge is 0.254 e. The van der Waals surface area contributed by atoms with E-state index in [1.165, 1.54) is 0 Å². The number of imide groups is 1. The van der Waals surface area contributed by atoms with Gasteiger partial charge in [-0.15, -0.1) is 0 Å². The maximum Gasteiger partial charge on any atom is 0.254 e. The minimum atomic E-state index is -0.273. The summed E-state index contributed by atoms with van der Waals surface area (Å²) in [7, 11) is 0. The Morgan fingerprint density at radius 3 is 2.33 bits per heavy atom. The van der Waals surface area contributed by atoms with Crippen LogP contribution in [0.25, 0.3) is 0 Å². The summed E-state index contributed by atoms with van der Waals surface area (Å²) in [4.78, 5) is 31.7. The standard InChI is InChI=1S/C11H12N2O3.C2H6/c1-8-2-3-9(6-12-8)7-16-13-10(14)4-5-11(13)15;1-2/h2-3,6H,4-5,7H2,1H3;1-2H3. The Morgan fingerprint density at radius 1 is 1.22 bits per heavy atom. The van der Waals surface area contributed by atoms with E-state index in [0.717, 1.165) is 16.3 Å². The quantitative estimate of drug-likeness (QED) is 0.770. The third-order valence-electron chi connectivity index (χ3n) is 2.34. The lowest BCUT2D eigenvalue weighted by Gasteiger charge is -2.12. The number of pyridine rings is 1. The molecule has 1 aromatic heterocycles. The molecule has 1 fully saturated rings. The molecule has 0 aliphatic carbocycles. The summed E-state index contributed by atoms with van der Waals surface area (Å²) in [5, 5.41) is 0.847. The van der Waals surface area contributed by atoms with E-state index in [4.69, 9.17) is 4.84 Å². The number of amides is 2. The molecule has 2 rings (SSSR count). The summed E-state index contributed by atoms with van der Waals surface area (Å²) in [5.41, 5.74) is 1.75. The second-order valence-corrected chi connectivity index (χ2v) is 3.66. The van der Waals surface area contributed by atoms with E-state index in [2.05, 4.69) is 4.98 Å². The number of hydrogen-bond acceptors (Lipinski definition) is 4. The number of rotatable bonds is 3. The summed E-state index contributed by atoms with van der Waals surface area (Å²) in [6.45, 7) is 6.07. The van der Waals surface area contributed by atoms with Gasteiger partial charge in [-0.25, -0.2) is 0 Å². The molecule has 2 heterocycles. The Morgan fingerprint density at radius 2 is 1.83 bits per heavy atom.